The number of aromatic nitrogens is 2. The van der Waals surface area contributed by atoms with Crippen LogP contribution < -0.4 is 11.2 Å². The molecule has 0 aliphatic heterocycles. The molecule has 21 heavy (non-hydrogen) atoms. The van der Waals surface area contributed by atoms with Crippen LogP contribution in [0.3, 0.4) is 0 Å². The van der Waals surface area contributed by atoms with Gasteiger partial charge >= 0.3 is 5.69 Å². The van der Waals surface area contributed by atoms with Crippen LogP contribution in [-0.4, -0.2) is 14.7 Å². The molecule has 0 aliphatic rings. The largest absolute Gasteiger partial charge is 0.494 e. The van der Waals surface area contributed by atoms with Crippen LogP contribution in [0.1, 0.15) is 19.4 Å². The number of aromatic amines is 1. The van der Waals surface area contributed by atoms with Crippen LogP contribution in [0.4, 0.5) is 0 Å². The Balaban J connectivity index is 2.64. The number of benzene rings is 1. The van der Waals surface area contributed by atoms with Gasteiger partial charge in [0.25, 0.3) is 5.56 Å². The van der Waals surface area contributed by atoms with Gasteiger partial charge in [-0.1, -0.05) is 41.5 Å². The Labute approximate surface area is 122 Å². The van der Waals surface area contributed by atoms with E-state index in [4.69, 9.17) is 0 Å². The minimum absolute atomic E-state index is 0.108. The van der Waals surface area contributed by atoms with Crippen molar-refractivity contribution in [3.05, 3.63) is 62.3 Å². The topological polar surface area (TPSA) is 75.1 Å². The summed E-state index contributed by atoms with van der Waals surface area (Å²) in [5.41, 5.74) is 1.54. The first-order valence-corrected chi connectivity index (χ1v) is 6.66. The average Bonchev–Trinajstić information content (AvgIpc) is 2.40. The molecular weight excluding hydrogens is 268 g/mol. The summed E-state index contributed by atoms with van der Waals surface area (Å²) in [4.78, 5) is 26.1. The first-order chi connectivity index (χ1) is 9.90. The maximum absolute atomic E-state index is 12.0. The van der Waals surface area contributed by atoms with Crippen LogP contribution in [0.2, 0.25) is 0 Å². The number of rotatable bonds is 3. The summed E-state index contributed by atoms with van der Waals surface area (Å²) in [6, 6.07) is 7.18. The lowest BCUT2D eigenvalue weighted by atomic mass is 10.1. The molecule has 2 aromatic rings. The second kappa shape index (κ2) is 5.83. The monoisotopic (exact) mass is 286 g/mol. The van der Waals surface area contributed by atoms with Crippen molar-refractivity contribution in [1.82, 2.24) is 9.55 Å². The van der Waals surface area contributed by atoms with E-state index in [-0.39, 0.29) is 18.0 Å². The van der Waals surface area contributed by atoms with E-state index < -0.39 is 11.2 Å². The molecule has 0 spiro atoms. The van der Waals surface area contributed by atoms with Gasteiger partial charge in [0, 0.05) is 6.54 Å². The van der Waals surface area contributed by atoms with Crippen molar-refractivity contribution in [1.29, 1.82) is 0 Å². The van der Waals surface area contributed by atoms with E-state index in [0.717, 1.165) is 15.7 Å². The number of hydrogen-bond acceptors (Lipinski definition) is 3. The Morgan fingerprint density at radius 1 is 1.24 bits per heavy atom. The highest BCUT2D eigenvalue weighted by Gasteiger charge is 2.15. The van der Waals surface area contributed by atoms with Gasteiger partial charge in [0.2, 0.25) is 5.88 Å². The first-order valence-electron chi connectivity index (χ1n) is 6.66. The quantitative estimate of drug-likeness (QED) is 0.849. The predicted octanol–water partition coefficient (Wildman–Crippen LogP) is 2.18. The van der Waals surface area contributed by atoms with Crippen LogP contribution in [0.15, 0.2) is 45.5 Å². The fourth-order valence-electron chi connectivity index (χ4n) is 1.98. The van der Waals surface area contributed by atoms with Crippen molar-refractivity contribution in [3.8, 4) is 17.0 Å². The lowest BCUT2D eigenvalue weighted by Crippen LogP contribution is -2.30. The number of aromatic hydroxyl groups is 1. The summed E-state index contributed by atoms with van der Waals surface area (Å²) in [6.07, 6.45) is 1.80. The second-order valence-electron chi connectivity index (χ2n) is 5.22. The third kappa shape index (κ3) is 3.13. The van der Waals surface area contributed by atoms with Crippen molar-refractivity contribution in [2.75, 3.05) is 0 Å². The summed E-state index contributed by atoms with van der Waals surface area (Å²) < 4.78 is 1.14. The number of nitrogens with zero attached hydrogens (tertiary/aromatic N) is 1. The van der Waals surface area contributed by atoms with E-state index in [2.05, 4.69) is 4.98 Å². The normalized spacial score (nSPS) is 10.4. The molecule has 5 heteroatoms. The zero-order chi connectivity index (χ0) is 15.6. The van der Waals surface area contributed by atoms with Gasteiger partial charge in [0.05, 0.1) is 0 Å². The van der Waals surface area contributed by atoms with Crippen LogP contribution in [-0.2, 0) is 6.54 Å². The van der Waals surface area contributed by atoms with E-state index in [0.29, 0.717) is 5.56 Å². The summed E-state index contributed by atoms with van der Waals surface area (Å²) in [7, 11) is 0. The van der Waals surface area contributed by atoms with Gasteiger partial charge in [-0.2, -0.15) is 0 Å². The standard InChI is InChI=1S/C16H18N2O3/c1-10(2)8-9-18-15(20)13(14(19)17-16(18)21)12-6-4-11(3)5-7-12/h4-8,20H,9H2,1-3H3,(H,17,19,21). The Hall–Kier alpha value is -2.56. The van der Waals surface area contributed by atoms with Gasteiger partial charge in [0.15, 0.2) is 0 Å². The highest BCUT2D eigenvalue weighted by Crippen LogP contribution is 2.24. The number of allylic oxidation sites excluding steroid dienone is 2. The van der Waals surface area contributed by atoms with E-state index in [1.807, 2.05) is 32.9 Å². The zero-order valence-corrected chi connectivity index (χ0v) is 12.3. The Kier molecular flexibility index (Phi) is 4.12. The van der Waals surface area contributed by atoms with Crippen LogP contribution >= 0.6 is 0 Å². The molecule has 0 aliphatic carbocycles. The Morgan fingerprint density at radius 3 is 2.43 bits per heavy atom. The fourth-order valence-corrected chi connectivity index (χ4v) is 1.98. The second-order valence-corrected chi connectivity index (χ2v) is 5.22. The third-order valence-electron chi connectivity index (χ3n) is 3.19. The summed E-state index contributed by atoms with van der Waals surface area (Å²) >= 11 is 0. The molecule has 0 saturated carbocycles. The summed E-state index contributed by atoms with van der Waals surface area (Å²) in [6.45, 7) is 5.94. The minimum atomic E-state index is -0.620. The number of nitrogens with one attached hydrogen (secondary N) is 1. The van der Waals surface area contributed by atoms with Gasteiger partial charge in [-0.05, 0) is 26.3 Å². The first kappa shape index (κ1) is 14.8. The van der Waals surface area contributed by atoms with Gasteiger partial charge < -0.3 is 5.11 Å². The minimum Gasteiger partial charge on any atom is -0.494 e. The van der Waals surface area contributed by atoms with Gasteiger partial charge in [-0.15, -0.1) is 0 Å². The molecule has 2 rings (SSSR count). The molecule has 0 fully saturated rings. The maximum atomic E-state index is 12.0. The van der Waals surface area contributed by atoms with E-state index in [9.17, 15) is 14.7 Å². The van der Waals surface area contributed by atoms with Crippen LogP contribution in [0.25, 0.3) is 11.1 Å². The molecule has 1 aromatic heterocycles. The van der Waals surface area contributed by atoms with Gasteiger partial charge in [-0.25, -0.2) is 4.79 Å². The number of H-pyrrole nitrogens is 1. The molecule has 5 nitrogen and oxygen atoms in total. The van der Waals surface area contributed by atoms with E-state index >= 15 is 0 Å². The molecular formula is C16H18N2O3. The Morgan fingerprint density at radius 2 is 1.86 bits per heavy atom. The molecule has 2 N–H and O–H groups in total. The molecule has 0 saturated heterocycles. The van der Waals surface area contributed by atoms with Gasteiger partial charge in [-0.3, -0.25) is 14.3 Å². The lowest BCUT2D eigenvalue weighted by molar-refractivity contribution is 0.413. The third-order valence-corrected chi connectivity index (χ3v) is 3.19. The maximum Gasteiger partial charge on any atom is 0.331 e. The SMILES string of the molecule is CC(C)=CCn1c(O)c(-c2ccc(C)cc2)c(=O)[nH]c1=O. The number of aryl methyl sites for hydroxylation is 1. The molecule has 0 amide bonds. The smallest absolute Gasteiger partial charge is 0.331 e. The van der Waals surface area contributed by atoms with Crippen molar-refractivity contribution in [3.63, 3.8) is 0 Å². The highest BCUT2D eigenvalue weighted by atomic mass is 16.3. The molecule has 110 valence electrons. The highest BCUT2D eigenvalue weighted by molar-refractivity contribution is 5.67. The molecule has 0 unspecified atom stereocenters. The van der Waals surface area contributed by atoms with Crippen molar-refractivity contribution < 1.29 is 5.11 Å². The van der Waals surface area contributed by atoms with Crippen molar-refractivity contribution >= 4 is 0 Å². The van der Waals surface area contributed by atoms with Crippen LogP contribution in [0, 0.1) is 6.92 Å². The summed E-state index contributed by atoms with van der Waals surface area (Å²) in [5.74, 6) is -0.315. The number of hydrogen-bond donors (Lipinski definition) is 2. The van der Waals surface area contributed by atoms with E-state index in [1.165, 1.54) is 0 Å². The fraction of sp³-hybridized carbons (Fsp3) is 0.250. The summed E-state index contributed by atoms with van der Waals surface area (Å²) in [5, 5.41) is 10.3. The van der Waals surface area contributed by atoms with E-state index in [1.54, 1.807) is 18.2 Å². The van der Waals surface area contributed by atoms with Crippen molar-refractivity contribution in [2.45, 2.75) is 27.3 Å². The van der Waals surface area contributed by atoms with Crippen LogP contribution in [0.5, 0.6) is 5.88 Å². The van der Waals surface area contributed by atoms with Gasteiger partial charge in [0.1, 0.15) is 5.56 Å². The molecule has 0 radical (unpaired) electrons. The lowest BCUT2D eigenvalue weighted by Gasteiger charge is -2.10. The predicted molar refractivity (Wildman–Crippen MR) is 82.6 cm³/mol. The molecule has 0 bridgehead atoms. The molecule has 1 aromatic carbocycles. The average molecular weight is 286 g/mol. The Bertz CT molecular complexity index is 792. The molecule has 1 heterocycles. The molecule has 0 atom stereocenters. The zero-order valence-electron chi connectivity index (χ0n) is 12.3. The van der Waals surface area contributed by atoms with Crippen molar-refractivity contribution in [2.24, 2.45) is 0 Å².